The van der Waals surface area contributed by atoms with E-state index in [2.05, 4.69) is 5.32 Å². The molecule has 18 heavy (non-hydrogen) atoms. The van der Waals surface area contributed by atoms with Crippen LogP contribution in [0.3, 0.4) is 0 Å². The summed E-state index contributed by atoms with van der Waals surface area (Å²) < 4.78 is 5.49. The van der Waals surface area contributed by atoms with Gasteiger partial charge in [-0.1, -0.05) is 0 Å². The van der Waals surface area contributed by atoms with Gasteiger partial charge in [-0.2, -0.15) is 0 Å². The van der Waals surface area contributed by atoms with Crippen molar-refractivity contribution in [1.29, 1.82) is 0 Å². The van der Waals surface area contributed by atoms with Gasteiger partial charge in [0.25, 0.3) is 0 Å². The van der Waals surface area contributed by atoms with Crippen molar-refractivity contribution < 1.29 is 9.53 Å². The summed E-state index contributed by atoms with van der Waals surface area (Å²) in [4.78, 5) is 11.9. The third-order valence-corrected chi connectivity index (χ3v) is 4.34. The van der Waals surface area contributed by atoms with Gasteiger partial charge in [-0.15, -0.1) is 0 Å². The Hall–Kier alpha value is -0.610. The van der Waals surface area contributed by atoms with Crippen LogP contribution in [0.5, 0.6) is 0 Å². The van der Waals surface area contributed by atoms with Gasteiger partial charge in [0, 0.05) is 13.2 Å². The molecule has 0 radical (unpaired) electrons. The maximum Gasteiger partial charge on any atom is 0.249 e. The van der Waals surface area contributed by atoms with Crippen LogP contribution < -0.4 is 11.1 Å². The molecule has 1 unspecified atom stereocenters. The molecule has 1 amide bonds. The Labute approximate surface area is 110 Å². The fourth-order valence-electron chi connectivity index (χ4n) is 2.98. The van der Waals surface area contributed by atoms with Gasteiger partial charge in [-0.25, -0.2) is 0 Å². The molecule has 0 aromatic rings. The van der Waals surface area contributed by atoms with E-state index in [0.717, 1.165) is 39.0 Å². The van der Waals surface area contributed by atoms with Crippen LogP contribution in [0.4, 0.5) is 0 Å². The zero-order valence-corrected chi connectivity index (χ0v) is 11.2. The van der Waals surface area contributed by atoms with Crippen LogP contribution in [0.15, 0.2) is 0 Å². The van der Waals surface area contributed by atoms with Crippen molar-refractivity contribution >= 4 is 5.91 Å². The Morgan fingerprint density at radius 2 is 1.83 bits per heavy atom. The first-order chi connectivity index (χ1) is 8.79. The fourth-order valence-corrected chi connectivity index (χ4v) is 2.98. The van der Waals surface area contributed by atoms with E-state index in [0.29, 0.717) is 11.8 Å². The SMILES string of the molecule is NCC1CCC(CNC(=O)C2CCCCO2)CC1. The summed E-state index contributed by atoms with van der Waals surface area (Å²) in [7, 11) is 0. The van der Waals surface area contributed by atoms with Crippen molar-refractivity contribution in [3.8, 4) is 0 Å². The van der Waals surface area contributed by atoms with Gasteiger partial charge in [-0.05, 0) is 63.3 Å². The van der Waals surface area contributed by atoms with Gasteiger partial charge >= 0.3 is 0 Å². The molecule has 0 bridgehead atoms. The van der Waals surface area contributed by atoms with E-state index in [1.165, 1.54) is 25.7 Å². The highest BCUT2D eigenvalue weighted by molar-refractivity contribution is 5.80. The molecule has 0 aromatic heterocycles. The minimum atomic E-state index is -0.195. The van der Waals surface area contributed by atoms with Gasteiger partial charge in [0.1, 0.15) is 6.10 Å². The average Bonchev–Trinajstić information content (AvgIpc) is 2.46. The van der Waals surface area contributed by atoms with Crippen molar-refractivity contribution in [2.24, 2.45) is 17.6 Å². The first-order valence-corrected chi connectivity index (χ1v) is 7.39. The Morgan fingerprint density at radius 3 is 2.44 bits per heavy atom. The summed E-state index contributed by atoms with van der Waals surface area (Å²) in [5.74, 6) is 1.44. The zero-order chi connectivity index (χ0) is 12.8. The molecule has 2 aliphatic rings. The average molecular weight is 254 g/mol. The normalized spacial score (nSPS) is 33.1. The van der Waals surface area contributed by atoms with E-state index in [1.54, 1.807) is 0 Å². The molecule has 2 fully saturated rings. The van der Waals surface area contributed by atoms with Crippen LogP contribution in [-0.4, -0.2) is 31.7 Å². The molecule has 1 heterocycles. The number of hydrogen-bond donors (Lipinski definition) is 2. The van der Waals surface area contributed by atoms with Crippen molar-refractivity contribution in [3.63, 3.8) is 0 Å². The highest BCUT2D eigenvalue weighted by Gasteiger charge is 2.24. The minimum Gasteiger partial charge on any atom is -0.368 e. The summed E-state index contributed by atoms with van der Waals surface area (Å²) in [6.07, 6.45) is 7.73. The Bertz CT molecular complexity index is 257. The maximum atomic E-state index is 11.9. The van der Waals surface area contributed by atoms with E-state index >= 15 is 0 Å². The number of hydrogen-bond acceptors (Lipinski definition) is 3. The predicted octanol–water partition coefficient (Wildman–Crippen LogP) is 1.44. The monoisotopic (exact) mass is 254 g/mol. The summed E-state index contributed by atoms with van der Waals surface area (Å²) in [5.41, 5.74) is 5.68. The van der Waals surface area contributed by atoms with E-state index in [1.807, 2.05) is 0 Å². The second-order valence-corrected chi connectivity index (χ2v) is 5.72. The lowest BCUT2D eigenvalue weighted by Gasteiger charge is -2.28. The molecule has 3 N–H and O–H groups in total. The number of carbonyl (C=O) groups excluding carboxylic acids is 1. The Kier molecular flexibility index (Phi) is 5.45. The minimum absolute atomic E-state index is 0.0932. The van der Waals surface area contributed by atoms with Gasteiger partial charge in [-0.3, -0.25) is 4.79 Å². The lowest BCUT2D eigenvalue weighted by molar-refractivity contribution is -0.135. The number of rotatable bonds is 4. The lowest BCUT2D eigenvalue weighted by Crippen LogP contribution is -2.41. The smallest absolute Gasteiger partial charge is 0.249 e. The summed E-state index contributed by atoms with van der Waals surface area (Å²) in [6.45, 7) is 2.37. The first kappa shape index (κ1) is 13.8. The molecule has 1 atom stereocenters. The lowest BCUT2D eigenvalue weighted by atomic mass is 9.82. The molecular formula is C14H26N2O2. The number of amides is 1. The molecule has 104 valence electrons. The molecule has 4 nitrogen and oxygen atoms in total. The molecule has 1 saturated carbocycles. The third-order valence-electron chi connectivity index (χ3n) is 4.34. The summed E-state index contributed by atoms with van der Waals surface area (Å²) >= 11 is 0. The predicted molar refractivity (Wildman–Crippen MR) is 71.1 cm³/mol. The quantitative estimate of drug-likeness (QED) is 0.798. The highest BCUT2D eigenvalue weighted by atomic mass is 16.5. The van der Waals surface area contributed by atoms with Crippen molar-refractivity contribution in [1.82, 2.24) is 5.32 Å². The molecule has 2 rings (SSSR count). The van der Waals surface area contributed by atoms with E-state index < -0.39 is 0 Å². The van der Waals surface area contributed by atoms with E-state index in [4.69, 9.17) is 10.5 Å². The standard InChI is InChI=1S/C14H26N2O2/c15-9-11-4-6-12(7-5-11)10-16-14(17)13-3-1-2-8-18-13/h11-13H,1-10,15H2,(H,16,17). The topological polar surface area (TPSA) is 64.3 Å². The van der Waals surface area contributed by atoms with Crippen LogP contribution >= 0.6 is 0 Å². The number of nitrogens with two attached hydrogens (primary N) is 1. The van der Waals surface area contributed by atoms with Crippen molar-refractivity contribution in [2.45, 2.75) is 51.0 Å². The molecule has 1 aliphatic heterocycles. The summed E-state index contributed by atoms with van der Waals surface area (Å²) in [6, 6.07) is 0. The van der Waals surface area contributed by atoms with Crippen molar-refractivity contribution in [3.05, 3.63) is 0 Å². The number of ether oxygens (including phenoxy) is 1. The fraction of sp³-hybridized carbons (Fsp3) is 0.929. The number of carbonyl (C=O) groups is 1. The van der Waals surface area contributed by atoms with Gasteiger partial charge in [0.05, 0.1) is 0 Å². The van der Waals surface area contributed by atoms with Crippen molar-refractivity contribution in [2.75, 3.05) is 19.7 Å². The second-order valence-electron chi connectivity index (χ2n) is 5.72. The van der Waals surface area contributed by atoms with Crippen LogP contribution in [0.1, 0.15) is 44.9 Å². The molecule has 0 aromatic carbocycles. The van der Waals surface area contributed by atoms with Crippen LogP contribution in [0.2, 0.25) is 0 Å². The van der Waals surface area contributed by atoms with E-state index in [9.17, 15) is 4.79 Å². The second kappa shape index (κ2) is 7.10. The molecule has 0 spiro atoms. The van der Waals surface area contributed by atoms with Crippen LogP contribution in [0.25, 0.3) is 0 Å². The molecule has 4 heteroatoms. The largest absolute Gasteiger partial charge is 0.368 e. The van der Waals surface area contributed by atoms with Gasteiger partial charge < -0.3 is 15.8 Å². The van der Waals surface area contributed by atoms with Crippen LogP contribution in [0, 0.1) is 11.8 Å². The molecule has 1 aliphatic carbocycles. The Morgan fingerprint density at radius 1 is 1.11 bits per heavy atom. The number of nitrogens with one attached hydrogen (secondary N) is 1. The summed E-state index contributed by atoms with van der Waals surface area (Å²) in [5, 5.41) is 3.06. The highest BCUT2D eigenvalue weighted by Crippen LogP contribution is 2.27. The van der Waals surface area contributed by atoms with Crippen LogP contribution in [-0.2, 0) is 9.53 Å². The Balaban J connectivity index is 1.63. The zero-order valence-electron chi connectivity index (χ0n) is 11.2. The molecular weight excluding hydrogens is 228 g/mol. The first-order valence-electron chi connectivity index (χ1n) is 7.39. The van der Waals surface area contributed by atoms with Gasteiger partial charge in [0.2, 0.25) is 5.91 Å². The third kappa shape index (κ3) is 3.95. The maximum absolute atomic E-state index is 11.9. The molecule has 1 saturated heterocycles. The van der Waals surface area contributed by atoms with Gasteiger partial charge in [0.15, 0.2) is 0 Å². The van der Waals surface area contributed by atoms with E-state index in [-0.39, 0.29) is 12.0 Å².